The zero-order valence-corrected chi connectivity index (χ0v) is 23.1. The summed E-state index contributed by atoms with van der Waals surface area (Å²) in [6.45, 7) is 10.2. The highest BCUT2D eigenvalue weighted by atomic mass is 16.7. The van der Waals surface area contributed by atoms with E-state index in [9.17, 15) is 10.1 Å². The van der Waals surface area contributed by atoms with E-state index in [0.29, 0.717) is 11.0 Å². The minimum atomic E-state index is -0.684. The van der Waals surface area contributed by atoms with Crippen molar-refractivity contribution >= 4 is 19.3 Å². The zero-order chi connectivity index (χ0) is 27.8. The number of hydrogen-bond acceptors (Lipinski definition) is 5. The average Bonchev–Trinajstić information content (AvgIpc) is 3.34. The van der Waals surface area contributed by atoms with Gasteiger partial charge in [0.15, 0.2) is 0 Å². The van der Waals surface area contributed by atoms with Gasteiger partial charge < -0.3 is 19.4 Å². The number of carbonyl (C=O) groups excluding carboxylic acids is 1. The Morgan fingerprint density at radius 3 is 2.18 bits per heavy atom. The molecule has 3 aromatic carbocycles. The van der Waals surface area contributed by atoms with Gasteiger partial charge in [-0.05, 0) is 79.5 Å². The Bertz CT molecular complexity index is 1430. The van der Waals surface area contributed by atoms with Crippen molar-refractivity contribution in [2.75, 3.05) is 13.2 Å². The molecule has 1 saturated heterocycles. The monoisotopic (exact) mass is 520 g/mol. The highest BCUT2D eigenvalue weighted by molar-refractivity contribution is 6.56. The van der Waals surface area contributed by atoms with Crippen molar-refractivity contribution in [3.8, 4) is 17.2 Å². The second-order valence-corrected chi connectivity index (χ2v) is 11.2. The molecule has 2 aliphatic rings. The van der Waals surface area contributed by atoms with Gasteiger partial charge in [-0.15, -0.1) is 0 Å². The zero-order valence-electron chi connectivity index (χ0n) is 23.1. The number of aryl methyl sites for hydroxylation is 1. The summed E-state index contributed by atoms with van der Waals surface area (Å²) in [6.07, 6.45) is 1.34. The van der Waals surface area contributed by atoms with Crippen LogP contribution < -0.4 is 5.32 Å². The van der Waals surface area contributed by atoms with Crippen LogP contribution in [0.1, 0.15) is 61.4 Å². The van der Waals surface area contributed by atoms with E-state index < -0.39 is 24.4 Å². The molecule has 1 heterocycles. The SMILES string of the molecule is Cc1ccc(C=C(CNC(=O)OCC2c3ccccc3-c3ccccc32)B2OC(C)(C)C(C)(C)O2)c(C#N)c1. The van der Waals surface area contributed by atoms with Crippen LogP contribution in [0.5, 0.6) is 0 Å². The first-order chi connectivity index (χ1) is 18.6. The van der Waals surface area contributed by atoms with E-state index in [0.717, 1.165) is 22.3 Å². The van der Waals surface area contributed by atoms with Crippen LogP contribution in [0.4, 0.5) is 4.79 Å². The van der Waals surface area contributed by atoms with E-state index in [1.807, 2.05) is 83.2 Å². The number of amides is 1. The molecule has 1 N–H and O–H groups in total. The summed E-state index contributed by atoms with van der Waals surface area (Å²) in [7, 11) is -0.684. The van der Waals surface area contributed by atoms with Crippen LogP contribution >= 0.6 is 0 Å². The lowest BCUT2D eigenvalue weighted by Crippen LogP contribution is -2.41. The van der Waals surface area contributed by atoms with Crippen molar-refractivity contribution in [1.29, 1.82) is 5.26 Å². The van der Waals surface area contributed by atoms with E-state index in [1.54, 1.807) is 0 Å². The molecule has 1 aliphatic heterocycles. The number of nitrogens with one attached hydrogen (secondary N) is 1. The van der Waals surface area contributed by atoms with Crippen LogP contribution in [0, 0.1) is 18.3 Å². The largest absolute Gasteiger partial charge is 0.492 e. The number of carbonyl (C=O) groups is 1. The Morgan fingerprint density at radius 1 is 1.00 bits per heavy atom. The minimum Gasteiger partial charge on any atom is -0.449 e. The molecule has 3 aromatic rings. The van der Waals surface area contributed by atoms with Gasteiger partial charge in [-0.25, -0.2) is 4.79 Å². The summed E-state index contributed by atoms with van der Waals surface area (Å²) >= 11 is 0. The molecule has 1 fully saturated rings. The van der Waals surface area contributed by atoms with Crippen LogP contribution in [0.15, 0.2) is 72.2 Å². The van der Waals surface area contributed by atoms with Gasteiger partial charge in [-0.1, -0.05) is 66.7 Å². The van der Waals surface area contributed by atoms with Gasteiger partial charge in [-0.3, -0.25) is 0 Å². The van der Waals surface area contributed by atoms with Gasteiger partial charge >= 0.3 is 13.2 Å². The normalized spacial score (nSPS) is 17.3. The fourth-order valence-electron chi connectivity index (χ4n) is 5.11. The third-order valence-electron chi connectivity index (χ3n) is 8.01. The molecule has 0 bridgehead atoms. The summed E-state index contributed by atoms with van der Waals surface area (Å²) in [6, 6.07) is 24.4. The molecule has 0 atom stereocenters. The fraction of sp³-hybridized carbons (Fsp3) is 0.312. The Hall–Kier alpha value is -3.86. The molecule has 1 amide bonds. The third kappa shape index (κ3) is 5.23. The molecule has 39 heavy (non-hydrogen) atoms. The molecular weight excluding hydrogens is 487 g/mol. The first kappa shape index (κ1) is 26.7. The lowest BCUT2D eigenvalue weighted by Gasteiger charge is -2.32. The Morgan fingerprint density at radius 2 is 1.59 bits per heavy atom. The standard InChI is InChI=1S/C32H33BN2O4/c1-21-14-15-22(23(16-21)18-34)17-24(33-38-31(2,3)32(4,5)39-33)19-35-30(36)37-20-29-27-12-8-6-10-25(27)26-11-7-9-13-28(26)29/h6-17,29H,19-20H2,1-5H3,(H,35,36). The van der Waals surface area contributed by atoms with E-state index in [-0.39, 0.29) is 19.1 Å². The van der Waals surface area contributed by atoms with Crippen LogP contribution in [0.3, 0.4) is 0 Å². The smallest absolute Gasteiger partial charge is 0.449 e. The summed E-state index contributed by atoms with van der Waals surface area (Å²) in [5.41, 5.74) is 6.56. The summed E-state index contributed by atoms with van der Waals surface area (Å²) < 4.78 is 18.3. The molecule has 6 nitrogen and oxygen atoms in total. The molecule has 1 aliphatic carbocycles. The van der Waals surface area contributed by atoms with Crippen LogP contribution in [-0.2, 0) is 14.0 Å². The van der Waals surface area contributed by atoms with E-state index in [1.165, 1.54) is 11.1 Å². The van der Waals surface area contributed by atoms with E-state index in [2.05, 4.69) is 35.7 Å². The summed E-state index contributed by atoms with van der Waals surface area (Å²) in [5.74, 6) is -0.0213. The third-order valence-corrected chi connectivity index (χ3v) is 8.01. The van der Waals surface area contributed by atoms with Crippen molar-refractivity contribution in [1.82, 2.24) is 5.32 Å². The number of nitrogens with zero attached hydrogens (tertiary/aromatic N) is 1. The summed E-state index contributed by atoms with van der Waals surface area (Å²) in [4.78, 5) is 12.9. The first-order valence-electron chi connectivity index (χ1n) is 13.3. The lowest BCUT2D eigenvalue weighted by molar-refractivity contribution is 0.00578. The van der Waals surface area contributed by atoms with Crippen molar-refractivity contribution in [3.05, 3.63) is 100 Å². The Kier molecular flexibility index (Phi) is 7.11. The molecule has 0 unspecified atom stereocenters. The maximum Gasteiger partial charge on any atom is 0.492 e. The quantitative estimate of drug-likeness (QED) is 0.380. The predicted octanol–water partition coefficient (Wildman–Crippen LogP) is 6.42. The molecular formula is C32H33BN2O4. The second-order valence-electron chi connectivity index (χ2n) is 11.2. The minimum absolute atomic E-state index is 0.0213. The highest BCUT2D eigenvalue weighted by Gasteiger charge is 2.52. The molecule has 7 heteroatoms. The number of alkyl carbamates (subject to hydrolysis) is 1. The number of ether oxygens (including phenoxy) is 1. The van der Waals surface area contributed by atoms with E-state index in [4.69, 9.17) is 14.0 Å². The number of hydrogen-bond donors (Lipinski definition) is 1. The molecule has 0 aromatic heterocycles. The average molecular weight is 520 g/mol. The van der Waals surface area contributed by atoms with Gasteiger partial charge in [0.2, 0.25) is 0 Å². The fourth-order valence-corrected chi connectivity index (χ4v) is 5.11. The van der Waals surface area contributed by atoms with Crippen LogP contribution in [0.2, 0.25) is 0 Å². The second kappa shape index (κ2) is 10.4. The maximum atomic E-state index is 12.9. The van der Waals surface area contributed by atoms with Crippen molar-refractivity contribution < 1.29 is 18.8 Å². The van der Waals surface area contributed by atoms with Gasteiger partial charge in [0.25, 0.3) is 0 Å². The lowest BCUT2D eigenvalue weighted by atomic mass is 9.76. The summed E-state index contributed by atoms with van der Waals surface area (Å²) in [5, 5.41) is 12.6. The molecule has 198 valence electrons. The Labute approximate surface area is 230 Å². The van der Waals surface area contributed by atoms with E-state index >= 15 is 0 Å². The molecule has 5 rings (SSSR count). The van der Waals surface area contributed by atoms with Gasteiger partial charge in [0, 0.05) is 12.5 Å². The highest BCUT2D eigenvalue weighted by Crippen LogP contribution is 2.44. The van der Waals surface area contributed by atoms with Crippen molar-refractivity contribution in [2.45, 2.75) is 51.7 Å². The Balaban J connectivity index is 1.33. The van der Waals surface area contributed by atoms with Crippen LogP contribution in [-0.4, -0.2) is 37.6 Å². The number of fused-ring (bicyclic) bond motifs is 3. The van der Waals surface area contributed by atoms with Crippen molar-refractivity contribution in [2.24, 2.45) is 0 Å². The number of rotatable bonds is 6. The van der Waals surface area contributed by atoms with Gasteiger partial charge in [-0.2, -0.15) is 5.26 Å². The molecule has 0 spiro atoms. The van der Waals surface area contributed by atoms with Crippen LogP contribution in [0.25, 0.3) is 17.2 Å². The predicted molar refractivity (Wildman–Crippen MR) is 153 cm³/mol. The first-order valence-corrected chi connectivity index (χ1v) is 13.3. The van der Waals surface area contributed by atoms with Crippen molar-refractivity contribution in [3.63, 3.8) is 0 Å². The molecule has 0 saturated carbocycles. The van der Waals surface area contributed by atoms with Gasteiger partial charge in [0.1, 0.15) is 6.61 Å². The maximum absolute atomic E-state index is 12.9. The topological polar surface area (TPSA) is 80.6 Å². The van der Waals surface area contributed by atoms with Gasteiger partial charge in [0.05, 0.1) is 22.8 Å². The number of nitriles is 1. The number of benzene rings is 3. The molecule has 0 radical (unpaired) electrons.